The summed E-state index contributed by atoms with van der Waals surface area (Å²) in [6.45, 7) is 15.6. The maximum absolute atomic E-state index is 5.98. The highest BCUT2D eigenvalue weighted by Crippen LogP contribution is 2.17. The van der Waals surface area contributed by atoms with Gasteiger partial charge in [0.25, 0.3) is 0 Å². The van der Waals surface area contributed by atoms with Gasteiger partial charge in [0.1, 0.15) is 12.4 Å². The van der Waals surface area contributed by atoms with Crippen LogP contribution in [0.5, 0.6) is 5.75 Å². The fourth-order valence-electron chi connectivity index (χ4n) is 2.38. The number of ether oxygens (including phenoxy) is 1. The van der Waals surface area contributed by atoms with E-state index >= 15 is 0 Å². The van der Waals surface area contributed by atoms with Gasteiger partial charge in [-0.3, -0.25) is 9.88 Å². The maximum atomic E-state index is 5.98. The van der Waals surface area contributed by atoms with Crippen LogP contribution in [0.2, 0.25) is 0 Å². The Hall–Kier alpha value is -1.13. The summed E-state index contributed by atoms with van der Waals surface area (Å²) in [7, 11) is 0. The Morgan fingerprint density at radius 2 is 1.81 bits per heavy atom. The van der Waals surface area contributed by atoms with Crippen molar-refractivity contribution in [2.45, 2.75) is 66.2 Å². The normalized spacial score (nSPS) is 11.9. The van der Waals surface area contributed by atoms with Gasteiger partial charge in [0, 0.05) is 49.2 Å². The van der Waals surface area contributed by atoms with Crippen LogP contribution in [0.15, 0.2) is 18.5 Å². The Labute approximate surface area is 129 Å². The molecular weight excluding hydrogens is 262 g/mol. The molecule has 1 rings (SSSR count). The smallest absolute Gasteiger partial charge is 0.126 e. The molecule has 0 spiro atoms. The van der Waals surface area contributed by atoms with Crippen LogP contribution in [-0.4, -0.2) is 41.2 Å². The third-order valence-corrected chi connectivity index (χ3v) is 3.49. The number of nitrogens with one attached hydrogen (secondary N) is 1. The van der Waals surface area contributed by atoms with Gasteiger partial charge >= 0.3 is 0 Å². The molecule has 4 heteroatoms. The van der Waals surface area contributed by atoms with Gasteiger partial charge in [-0.15, -0.1) is 0 Å². The summed E-state index contributed by atoms with van der Waals surface area (Å²) in [5.41, 5.74) is 1.12. The molecule has 0 atom stereocenters. The summed E-state index contributed by atoms with van der Waals surface area (Å²) in [5, 5.41) is 3.41. The third-order valence-electron chi connectivity index (χ3n) is 3.49. The lowest BCUT2D eigenvalue weighted by molar-refractivity contribution is 0.141. The van der Waals surface area contributed by atoms with Crippen molar-refractivity contribution < 1.29 is 4.74 Å². The molecule has 4 nitrogen and oxygen atoms in total. The average Bonchev–Trinajstić information content (AvgIpc) is 2.41. The maximum Gasteiger partial charge on any atom is 0.126 e. The quantitative estimate of drug-likeness (QED) is 0.759. The number of nitrogens with zero attached hydrogens (tertiary/aromatic N) is 2. The Morgan fingerprint density at radius 1 is 1.14 bits per heavy atom. The molecule has 0 aromatic carbocycles. The lowest BCUT2D eigenvalue weighted by Gasteiger charge is -2.30. The van der Waals surface area contributed by atoms with Gasteiger partial charge in [0.15, 0.2) is 0 Å². The predicted octanol–water partition coefficient (Wildman–Crippen LogP) is 3.08. The standard InChI is InChI=1S/C17H31N3O/c1-13(2)19-12-16-11-18-8-7-17(16)21-10-9-20(14(3)4)15(5)6/h7-8,11,13-15,19H,9-10,12H2,1-6H3. The second-order valence-corrected chi connectivity index (χ2v) is 6.29. The molecule has 0 aliphatic heterocycles. The van der Waals surface area contributed by atoms with Crippen LogP contribution >= 0.6 is 0 Å². The van der Waals surface area contributed by atoms with E-state index in [9.17, 15) is 0 Å². The van der Waals surface area contributed by atoms with Crippen molar-refractivity contribution in [3.05, 3.63) is 24.0 Å². The number of pyridine rings is 1. The zero-order valence-electron chi connectivity index (χ0n) is 14.4. The average molecular weight is 293 g/mol. The third kappa shape index (κ3) is 6.44. The molecule has 0 saturated heterocycles. The molecule has 0 unspecified atom stereocenters. The molecule has 0 amide bonds. The van der Waals surface area contributed by atoms with Crippen LogP contribution < -0.4 is 10.1 Å². The van der Waals surface area contributed by atoms with Crippen molar-refractivity contribution in [3.63, 3.8) is 0 Å². The highest BCUT2D eigenvalue weighted by atomic mass is 16.5. The van der Waals surface area contributed by atoms with Crippen molar-refractivity contribution in [3.8, 4) is 5.75 Å². The van der Waals surface area contributed by atoms with Crippen LogP contribution in [0.4, 0.5) is 0 Å². The number of hydrogen-bond donors (Lipinski definition) is 1. The van der Waals surface area contributed by atoms with Gasteiger partial charge in [-0.05, 0) is 33.8 Å². The van der Waals surface area contributed by atoms with Crippen LogP contribution in [-0.2, 0) is 6.54 Å². The molecule has 1 aromatic rings. The van der Waals surface area contributed by atoms with E-state index in [2.05, 4.69) is 56.7 Å². The molecule has 0 aliphatic rings. The number of rotatable bonds is 9. The zero-order valence-corrected chi connectivity index (χ0v) is 14.4. The zero-order chi connectivity index (χ0) is 15.8. The van der Waals surface area contributed by atoms with Gasteiger partial charge < -0.3 is 10.1 Å². The summed E-state index contributed by atoms with van der Waals surface area (Å²) in [5.74, 6) is 0.936. The Bertz CT molecular complexity index is 397. The second-order valence-electron chi connectivity index (χ2n) is 6.29. The highest BCUT2D eigenvalue weighted by molar-refractivity contribution is 5.29. The molecule has 21 heavy (non-hydrogen) atoms. The molecule has 0 saturated carbocycles. The SMILES string of the molecule is CC(C)NCc1cnccc1OCCN(C(C)C)C(C)C. The van der Waals surface area contributed by atoms with Crippen molar-refractivity contribution in [2.24, 2.45) is 0 Å². The molecule has 0 radical (unpaired) electrons. The minimum absolute atomic E-state index is 0.454. The second kappa shape index (κ2) is 9.00. The largest absolute Gasteiger partial charge is 0.492 e. The first kappa shape index (κ1) is 17.9. The lowest BCUT2D eigenvalue weighted by atomic mass is 10.2. The molecular formula is C17H31N3O. The molecule has 0 fully saturated rings. The van der Waals surface area contributed by atoms with Crippen LogP contribution in [0, 0.1) is 0 Å². The fourth-order valence-corrected chi connectivity index (χ4v) is 2.38. The first-order valence-electron chi connectivity index (χ1n) is 7.96. The van der Waals surface area contributed by atoms with Gasteiger partial charge in [-0.2, -0.15) is 0 Å². The van der Waals surface area contributed by atoms with Gasteiger partial charge in [-0.25, -0.2) is 0 Å². The molecule has 0 aliphatic carbocycles. The first-order chi connectivity index (χ1) is 9.91. The number of hydrogen-bond acceptors (Lipinski definition) is 4. The van der Waals surface area contributed by atoms with E-state index in [1.165, 1.54) is 0 Å². The Morgan fingerprint density at radius 3 is 2.38 bits per heavy atom. The summed E-state index contributed by atoms with van der Waals surface area (Å²) < 4.78 is 5.98. The topological polar surface area (TPSA) is 37.4 Å². The van der Waals surface area contributed by atoms with Crippen molar-refractivity contribution in [2.75, 3.05) is 13.2 Å². The summed E-state index contributed by atoms with van der Waals surface area (Å²) in [4.78, 5) is 6.63. The molecule has 1 aromatic heterocycles. The van der Waals surface area contributed by atoms with Crippen LogP contribution in [0.25, 0.3) is 0 Å². The first-order valence-corrected chi connectivity index (χ1v) is 7.96. The van der Waals surface area contributed by atoms with E-state index in [1.807, 2.05) is 12.3 Å². The van der Waals surface area contributed by atoms with E-state index in [-0.39, 0.29) is 0 Å². The minimum atomic E-state index is 0.454. The summed E-state index contributed by atoms with van der Waals surface area (Å²) in [6.07, 6.45) is 3.67. The Balaban J connectivity index is 2.54. The summed E-state index contributed by atoms with van der Waals surface area (Å²) >= 11 is 0. The van der Waals surface area contributed by atoms with Crippen molar-refractivity contribution in [1.82, 2.24) is 15.2 Å². The highest BCUT2D eigenvalue weighted by Gasteiger charge is 2.13. The van der Waals surface area contributed by atoms with E-state index in [4.69, 9.17) is 4.74 Å². The van der Waals surface area contributed by atoms with Crippen LogP contribution in [0.3, 0.4) is 0 Å². The lowest BCUT2D eigenvalue weighted by Crippen LogP contribution is -2.39. The van der Waals surface area contributed by atoms with Gasteiger partial charge in [0.05, 0.1) is 0 Å². The monoisotopic (exact) mass is 293 g/mol. The predicted molar refractivity (Wildman–Crippen MR) is 88.7 cm³/mol. The Kier molecular flexibility index (Phi) is 7.68. The van der Waals surface area contributed by atoms with Gasteiger partial charge in [0.2, 0.25) is 0 Å². The van der Waals surface area contributed by atoms with E-state index < -0.39 is 0 Å². The van der Waals surface area contributed by atoms with E-state index in [0.29, 0.717) is 24.7 Å². The van der Waals surface area contributed by atoms with Crippen LogP contribution in [0.1, 0.15) is 47.1 Å². The van der Waals surface area contributed by atoms with Crippen molar-refractivity contribution >= 4 is 0 Å². The minimum Gasteiger partial charge on any atom is -0.492 e. The molecule has 120 valence electrons. The molecule has 1 N–H and O–H groups in total. The van der Waals surface area contributed by atoms with Gasteiger partial charge in [-0.1, -0.05) is 13.8 Å². The number of aromatic nitrogens is 1. The fraction of sp³-hybridized carbons (Fsp3) is 0.706. The van der Waals surface area contributed by atoms with Crippen molar-refractivity contribution in [1.29, 1.82) is 0 Å². The van der Waals surface area contributed by atoms with E-state index in [0.717, 1.165) is 24.4 Å². The summed E-state index contributed by atoms with van der Waals surface area (Å²) in [6, 6.07) is 3.48. The molecule has 1 heterocycles. The van der Waals surface area contributed by atoms with E-state index in [1.54, 1.807) is 6.20 Å². The molecule has 0 bridgehead atoms.